The smallest absolute Gasteiger partial charge is 0.227 e. The summed E-state index contributed by atoms with van der Waals surface area (Å²) in [6.45, 7) is 5.97. The van der Waals surface area contributed by atoms with Crippen LogP contribution in [0.1, 0.15) is 29.3 Å². The number of hydrogen-bond acceptors (Lipinski definition) is 3. The molecular weight excluding hydrogens is 398 g/mol. The van der Waals surface area contributed by atoms with Gasteiger partial charge in [0.2, 0.25) is 5.91 Å². The molecule has 4 aromatic rings. The van der Waals surface area contributed by atoms with E-state index in [0.29, 0.717) is 26.1 Å². The SMILES string of the molecule is Cc1ccc(N2C[C@H](c3nc4ccccc4n3CCOc3ccccc3C)CC2=O)cc1. The van der Waals surface area contributed by atoms with E-state index in [4.69, 9.17) is 9.72 Å². The average Bonchev–Trinajstić information content (AvgIpc) is 3.36. The summed E-state index contributed by atoms with van der Waals surface area (Å²) in [6, 6.07) is 24.4. The summed E-state index contributed by atoms with van der Waals surface area (Å²) in [5, 5.41) is 0. The molecular formula is C27H27N3O2. The fraction of sp³-hybridized carbons (Fsp3) is 0.259. The van der Waals surface area contributed by atoms with Gasteiger partial charge in [0.05, 0.1) is 17.6 Å². The standard InChI is InChI=1S/C27H27N3O2/c1-19-11-13-22(14-12-19)30-18-21(17-26(30)31)27-28-23-8-4-5-9-24(23)29(27)15-16-32-25-10-6-3-7-20(25)2/h3-14,21H,15-18H2,1-2H3/t21-/m1/s1. The predicted octanol–water partition coefficient (Wildman–Crippen LogP) is 5.25. The Morgan fingerprint density at radius 2 is 1.72 bits per heavy atom. The van der Waals surface area contributed by atoms with Crippen LogP contribution in [-0.2, 0) is 11.3 Å². The summed E-state index contributed by atoms with van der Waals surface area (Å²) in [7, 11) is 0. The zero-order valence-corrected chi connectivity index (χ0v) is 18.5. The first-order chi connectivity index (χ1) is 15.6. The number of imidazole rings is 1. The monoisotopic (exact) mass is 425 g/mol. The van der Waals surface area contributed by atoms with E-state index < -0.39 is 0 Å². The van der Waals surface area contributed by atoms with Crippen LogP contribution in [0.5, 0.6) is 5.75 Å². The number of amides is 1. The molecule has 1 fully saturated rings. The molecule has 1 aliphatic heterocycles. The Morgan fingerprint density at radius 1 is 0.969 bits per heavy atom. The van der Waals surface area contributed by atoms with Crippen LogP contribution in [0.3, 0.4) is 0 Å². The second-order valence-electron chi connectivity index (χ2n) is 8.47. The maximum atomic E-state index is 12.9. The second kappa shape index (κ2) is 8.50. The number of aromatic nitrogens is 2. The van der Waals surface area contributed by atoms with Crippen LogP contribution in [0.15, 0.2) is 72.8 Å². The molecule has 0 saturated carbocycles. The quantitative estimate of drug-likeness (QED) is 0.424. The van der Waals surface area contributed by atoms with Crippen molar-refractivity contribution in [1.29, 1.82) is 0 Å². The molecule has 0 spiro atoms. The zero-order valence-electron chi connectivity index (χ0n) is 18.5. The zero-order chi connectivity index (χ0) is 22.1. The van der Waals surface area contributed by atoms with Gasteiger partial charge in [0.1, 0.15) is 18.2 Å². The Hall–Kier alpha value is -3.60. The molecule has 5 nitrogen and oxygen atoms in total. The van der Waals surface area contributed by atoms with Crippen molar-refractivity contribution < 1.29 is 9.53 Å². The third-order valence-corrected chi connectivity index (χ3v) is 6.19. The third-order valence-electron chi connectivity index (χ3n) is 6.19. The number of carbonyl (C=O) groups excluding carboxylic acids is 1. The molecule has 5 heteroatoms. The number of ether oxygens (including phenoxy) is 1. The number of benzene rings is 3. The number of para-hydroxylation sites is 3. The van der Waals surface area contributed by atoms with E-state index in [0.717, 1.165) is 33.9 Å². The van der Waals surface area contributed by atoms with E-state index in [-0.39, 0.29) is 11.8 Å². The molecule has 162 valence electrons. The summed E-state index contributed by atoms with van der Waals surface area (Å²) >= 11 is 0. The predicted molar refractivity (Wildman–Crippen MR) is 127 cm³/mol. The lowest BCUT2D eigenvalue weighted by Gasteiger charge is -2.18. The second-order valence-corrected chi connectivity index (χ2v) is 8.47. The van der Waals surface area contributed by atoms with Gasteiger partial charge in [-0.3, -0.25) is 4.79 Å². The Balaban J connectivity index is 1.41. The highest BCUT2D eigenvalue weighted by Gasteiger charge is 2.34. The van der Waals surface area contributed by atoms with Crippen molar-refractivity contribution in [3.8, 4) is 5.75 Å². The van der Waals surface area contributed by atoms with Gasteiger partial charge in [-0.1, -0.05) is 48.0 Å². The lowest BCUT2D eigenvalue weighted by molar-refractivity contribution is -0.117. The minimum absolute atomic E-state index is 0.0506. The summed E-state index contributed by atoms with van der Waals surface area (Å²) in [6.07, 6.45) is 0.468. The van der Waals surface area contributed by atoms with Crippen LogP contribution in [0.25, 0.3) is 11.0 Å². The number of aryl methyl sites for hydroxylation is 2. The first-order valence-corrected chi connectivity index (χ1v) is 11.1. The van der Waals surface area contributed by atoms with Crippen molar-refractivity contribution in [2.75, 3.05) is 18.1 Å². The largest absolute Gasteiger partial charge is 0.491 e. The molecule has 1 atom stereocenters. The highest BCUT2D eigenvalue weighted by atomic mass is 16.5. The third kappa shape index (κ3) is 3.86. The Bertz CT molecular complexity index is 1260. The lowest BCUT2D eigenvalue weighted by atomic mass is 10.1. The van der Waals surface area contributed by atoms with E-state index in [1.165, 1.54) is 5.56 Å². The van der Waals surface area contributed by atoms with E-state index >= 15 is 0 Å². The number of anilines is 1. The highest BCUT2D eigenvalue weighted by molar-refractivity contribution is 5.96. The van der Waals surface area contributed by atoms with Crippen molar-refractivity contribution in [3.05, 3.63) is 89.7 Å². The van der Waals surface area contributed by atoms with Crippen LogP contribution in [0.2, 0.25) is 0 Å². The molecule has 1 amide bonds. The minimum atomic E-state index is 0.0506. The molecule has 1 saturated heterocycles. The fourth-order valence-corrected chi connectivity index (χ4v) is 4.46. The van der Waals surface area contributed by atoms with Crippen molar-refractivity contribution in [2.45, 2.75) is 32.7 Å². The van der Waals surface area contributed by atoms with Crippen LogP contribution >= 0.6 is 0 Å². The van der Waals surface area contributed by atoms with E-state index in [1.54, 1.807) is 0 Å². The van der Waals surface area contributed by atoms with Crippen molar-refractivity contribution in [2.24, 2.45) is 0 Å². The maximum absolute atomic E-state index is 12.9. The van der Waals surface area contributed by atoms with Gasteiger partial charge in [0.25, 0.3) is 0 Å². The van der Waals surface area contributed by atoms with Crippen LogP contribution in [0.4, 0.5) is 5.69 Å². The Labute approximate surface area is 188 Å². The fourth-order valence-electron chi connectivity index (χ4n) is 4.46. The highest BCUT2D eigenvalue weighted by Crippen LogP contribution is 2.33. The van der Waals surface area contributed by atoms with Gasteiger partial charge < -0.3 is 14.2 Å². The maximum Gasteiger partial charge on any atom is 0.227 e. The molecule has 5 rings (SSSR count). The van der Waals surface area contributed by atoms with Crippen LogP contribution in [0, 0.1) is 13.8 Å². The first kappa shape index (κ1) is 20.3. The normalized spacial score (nSPS) is 16.1. The summed E-state index contributed by atoms with van der Waals surface area (Å²) in [5.41, 5.74) is 5.30. The van der Waals surface area contributed by atoms with Gasteiger partial charge in [-0.25, -0.2) is 4.98 Å². The molecule has 0 unspecified atom stereocenters. The molecule has 0 aliphatic carbocycles. The minimum Gasteiger partial charge on any atom is -0.491 e. The van der Waals surface area contributed by atoms with Crippen molar-refractivity contribution in [1.82, 2.24) is 9.55 Å². The summed E-state index contributed by atoms with van der Waals surface area (Å²) < 4.78 is 8.30. The van der Waals surface area contributed by atoms with E-state index in [9.17, 15) is 4.79 Å². The van der Waals surface area contributed by atoms with Gasteiger partial charge in [-0.15, -0.1) is 0 Å². The molecule has 1 aliphatic rings. The van der Waals surface area contributed by atoms with Crippen molar-refractivity contribution >= 4 is 22.6 Å². The van der Waals surface area contributed by atoms with E-state index in [1.807, 2.05) is 65.6 Å². The van der Waals surface area contributed by atoms with Gasteiger partial charge >= 0.3 is 0 Å². The van der Waals surface area contributed by atoms with Gasteiger partial charge in [-0.05, 0) is 49.7 Å². The van der Waals surface area contributed by atoms with Crippen molar-refractivity contribution in [3.63, 3.8) is 0 Å². The van der Waals surface area contributed by atoms with Gasteiger partial charge in [0, 0.05) is 24.6 Å². The van der Waals surface area contributed by atoms with Crippen LogP contribution in [-0.4, -0.2) is 28.6 Å². The van der Waals surface area contributed by atoms with Crippen LogP contribution < -0.4 is 9.64 Å². The average molecular weight is 426 g/mol. The van der Waals surface area contributed by atoms with Gasteiger partial charge in [-0.2, -0.15) is 0 Å². The first-order valence-electron chi connectivity index (χ1n) is 11.1. The molecule has 0 radical (unpaired) electrons. The number of fused-ring (bicyclic) bond motifs is 1. The topological polar surface area (TPSA) is 47.4 Å². The lowest BCUT2D eigenvalue weighted by Crippen LogP contribution is -2.24. The Morgan fingerprint density at radius 3 is 2.53 bits per heavy atom. The summed E-state index contributed by atoms with van der Waals surface area (Å²) in [4.78, 5) is 19.7. The number of hydrogen-bond donors (Lipinski definition) is 0. The molecule has 32 heavy (non-hydrogen) atoms. The molecule has 3 aromatic carbocycles. The molecule has 0 bridgehead atoms. The summed E-state index contributed by atoms with van der Waals surface area (Å²) in [5.74, 6) is 2.06. The molecule has 2 heterocycles. The Kier molecular flexibility index (Phi) is 5.39. The number of nitrogens with zero attached hydrogens (tertiary/aromatic N) is 3. The van der Waals surface area contributed by atoms with Gasteiger partial charge in [0.15, 0.2) is 0 Å². The molecule has 0 N–H and O–H groups in total. The number of carbonyl (C=O) groups is 1. The number of rotatable bonds is 6. The molecule has 1 aromatic heterocycles. The van der Waals surface area contributed by atoms with E-state index in [2.05, 4.69) is 30.5 Å².